The van der Waals surface area contributed by atoms with E-state index in [0.717, 1.165) is 22.5 Å². The van der Waals surface area contributed by atoms with Gasteiger partial charge in [0, 0.05) is 17.0 Å². The van der Waals surface area contributed by atoms with Crippen LogP contribution in [0.5, 0.6) is 5.75 Å². The molecule has 3 aromatic rings. The van der Waals surface area contributed by atoms with E-state index in [1.54, 1.807) is 18.3 Å². The molecule has 1 heterocycles. The topological polar surface area (TPSA) is 85.7 Å². The summed E-state index contributed by atoms with van der Waals surface area (Å²) in [6.07, 6.45) is 1.66. The van der Waals surface area contributed by atoms with E-state index in [-0.39, 0.29) is 5.97 Å². The van der Waals surface area contributed by atoms with Crippen LogP contribution in [-0.2, 0) is 11.3 Å². The second-order valence-electron chi connectivity index (χ2n) is 6.36. The number of esters is 1. The molecule has 0 aliphatic heterocycles. The van der Waals surface area contributed by atoms with Crippen molar-refractivity contribution in [1.82, 2.24) is 9.97 Å². The Labute approximate surface area is 169 Å². The lowest BCUT2D eigenvalue weighted by atomic mass is 10.1. The summed E-state index contributed by atoms with van der Waals surface area (Å²) in [6.45, 7) is 4.18. The van der Waals surface area contributed by atoms with E-state index in [0.29, 0.717) is 23.9 Å². The quantitative estimate of drug-likeness (QED) is 0.374. The SMILES string of the molecule is COC(=O)c1ccc(COc2ccccc2/C=N/Nc2nc(C)cc(C)n2)cc1. The first-order valence-corrected chi connectivity index (χ1v) is 9.05. The van der Waals surface area contributed by atoms with Crippen LogP contribution in [0.15, 0.2) is 59.7 Å². The number of methoxy groups -OCH3 is 1. The van der Waals surface area contributed by atoms with Crippen molar-refractivity contribution in [1.29, 1.82) is 0 Å². The highest BCUT2D eigenvalue weighted by Crippen LogP contribution is 2.18. The van der Waals surface area contributed by atoms with Gasteiger partial charge in [0.05, 0.1) is 18.9 Å². The van der Waals surface area contributed by atoms with Crippen molar-refractivity contribution in [2.45, 2.75) is 20.5 Å². The van der Waals surface area contributed by atoms with Crippen molar-refractivity contribution in [2.24, 2.45) is 5.10 Å². The highest BCUT2D eigenvalue weighted by atomic mass is 16.5. The first-order valence-electron chi connectivity index (χ1n) is 9.05. The minimum atomic E-state index is -0.362. The van der Waals surface area contributed by atoms with Crippen LogP contribution >= 0.6 is 0 Å². The summed E-state index contributed by atoms with van der Waals surface area (Å²) in [4.78, 5) is 20.1. The van der Waals surface area contributed by atoms with Crippen molar-refractivity contribution < 1.29 is 14.3 Å². The number of aryl methyl sites for hydroxylation is 2. The minimum Gasteiger partial charge on any atom is -0.488 e. The highest BCUT2D eigenvalue weighted by molar-refractivity contribution is 5.89. The number of carbonyl (C=O) groups excluding carboxylic acids is 1. The van der Waals surface area contributed by atoms with Gasteiger partial charge in [-0.15, -0.1) is 0 Å². The fourth-order valence-electron chi connectivity index (χ4n) is 2.67. The van der Waals surface area contributed by atoms with Crippen LogP contribution in [0.1, 0.15) is 32.9 Å². The Bertz CT molecular complexity index is 997. The molecule has 2 aromatic carbocycles. The van der Waals surface area contributed by atoms with Gasteiger partial charge in [-0.3, -0.25) is 0 Å². The summed E-state index contributed by atoms with van der Waals surface area (Å²) in [5.74, 6) is 0.776. The number of benzene rings is 2. The Hall–Kier alpha value is -3.74. The van der Waals surface area contributed by atoms with Gasteiger partial charge in [-0.05, 0) is 49.7 Å². The fraction of sp³-hybridized carbons (Fsp3) is 0.182. The number of nitrogens with one attached hydrogen (secondary N) is 1. The number of hydrazone groups is 1. The van der Waals surface area contributed by atoms with E-state index in [4.69, 9.17) is 9.47 Å². The summed E-state index contributed by atoms with van der Waals surface area (Å²) in [6, 6.07) is 16.6. The molecule has 0 atom stereocenters. The number of ether oxygens (including phenoxy) is 2. The van der Waals surface area contributed by atoms with E-state index >= 15 is 0 Å². The Kier molecular flexibility index (Phi) is 6.52. The highest BCUT2D eigenvalue weighted by Gasteiger charge is 2.06. The average molecular weight is 390 g/mol. The molecule has 0 saturated carbocycles. The third-order valence-corrected chi connectivity index (χ3v) is 4.04. The number of hydrogen-bond donors (Lipinski definition) is 1. The zero-order valence-electron chi connectivity index (χ0n) is 16.5. The molecule has 0 fully saturated rings. The van der Waals surface area contributed by atoms with Gasteiger partial charge in [0.2, 0.25) is 5.95 Å². The predicted octanol–water partition coefficient (Wildman–Crippen LogP) is 3.91. The number of carbonyl (C=O) groups is 1. The molecule has 7 nitrogen and oxygen atoms in total. The smallest absolute Gasteiger partial charge is 0.337 e. The van der Waals surface area contributed by atoms with Crippen molar-refractivity contribution in [2.75, 3.05) is 12.5 Å². The molecule has 0 bridgehead atoms. The van der Waals surface area contributed by atoms with E-state index in [2.05, 4.69) is 20.5 Å². The number of para-hydroxylation sites is 1. The van der Waals surface area contributed by atoms with Crippen molar-refractivity contribution in [3.8, 4) is 5.75 Å². The normalized spacial score (nSPS) is 10.7. The van der Waals surface area contributed by atoms with E-state index in [1.807, 2.05) is 56.3 Å². The molecule has 1 N–H and O–H groups in total. The van der Waals surface area contributed by atoms with Gasteiger partial charge in [0.1, 0.15) is 12.4 Å². The van der Waals surface area contributed by atoms with Crippen molar-refractivity contribution in [3.63, 3.8) is 0 Å². The standard InChI is InChI=1S/C22H22N4O3/c1-15-12-16(2)25-22(24-15)26-23-13-19-6-4-5-7-20(19)29-14-17-8-10-18(11-9-17)21(27)28-3/h4-13H,14H2,1-3H3,(H,24,25,26)/b23-13+. The molecule has 0 amide bonds. The summed E-state index contributed by atoms with van der Waals surface area (Å²) in [5.41, 5.74) is 6.85. The molecule has 1 aromatic heterocycles. The molecule has 7 heteroatoms. The van der Waals surface area contributed by atoms with Crippen LogP contribution in [0.25, 0.3) is 0 Å². The predicted molar refractivity (Wildman–Crippen MR) is 111 cm³/mol. The van der Waals surface area contributed by atoms with E-state index in [1.165, 1.54) is 7.11 Å². The lowest BCUT2D eigenvalue weighted by Crippen LogP contribution is -2.03. The Morgan fingerprint density at radius 1 is 1.07 bits per heavy atom. The van der Waals surface area contributed by atoms with Crippen LogP contribution in [0.2, 0.25) is 0 Å². The largest absolute Gasteiger partial charge is 0.488 e. The van der Waals surface area contributed by atoms with Gasteiger partial charge in [-0.25, -0.2) is 20.2 Å². The maximum absolute atomic E-state index is 11.5. The van der Waals surface area contributed by atoms with Gasteiger partial charge in [0.15, 0.2) is 0 Å². The first kappa shape index (κ1) is 20.0. The number of rotatable bonds is 7. The molecular weight excluding hydrogens is 368 g/mol. The third kappa shape index (κ3) is 5.62. The number of aromatic nitrogens is 2. The lowest BCUT2D eigenvalue weighted by Gasteiger charge is -2.09. The van der Waals surface area contributed by atoms with Crippen molar-refractivity contribution in [3.05, 3.63) is 82.7 Å². The number of anilines is 1. The maximum Gasteiger partial charge on any atom is 0.337 e. The molecule has 0 radical (unpaired) electrons. The molecule has 0 unspecified atom stereocenters. The average Bonchev–Trinajstić information content (AvgIpc) is 2.72. The molecule has 0 aliphatic carbocycles. The monoisotopic (exact) mass is 390 g/mol. The maximum atomic E-state index is 11.5. The lowest BCUT2D eigenvalue weighted by molar-refractivity contribution is 0.0600. The van der Waals surface area contributed by atoms with Crippen LogP contribution < -0.4 is 10.2 Å². The van der Waals surface area contributed by atoms with Gasteiger partial charge in [0.25, 0.3) is 0 Å². The number of hydrogen-bond acceptors (Lipinski definition) is 7. The molecule has 29 heavy (non-hydrogen) atoms. The van der Waals surface area contributed by atoms with Gasteiger partial charge < -0.3 is 9.47 Å². The fourth-order valence-corrected chi connectivity index (χ4v) is 2.67. The molecular formula is C22H22N4O3. The van der Waals surface area contributed by atoms with Crippen molar-refractivity contribution >= 4 is 18.1 Å². The summed E-state index contributed by atoms with van der Waals surface area (Å²) in [5, 5.41) is 4.22. The molecule has 3 rings (SSSR count). The van der Waals surface area contributed by atoms with Gasteiger partial charge >= 0.3 is 5.97 Å². The second kappa shape index (κ2) is 9.45. The van der Waals surface area contributed by atoms with Gasteiger partial charge in [-0.1, -0.05) is 24.3 Å². The first-order chi connectivity index (χ1) is 14.0. The summed E-state index contributed by atoms with van der Waals surface area (Å²) < 4.78 is 10.6. The number of nitrogens with zero attached hydrogens (tertiary/aromatic N) is 3. The Morgan fingerprint density at radius 3 is 2.45 bits per heavy atom. The molecule has 148 valence electrons. The van der Waals surface area contributed by atoms with Crippen LogP contribution in [0, 0.1) is 13.8 Å². The summed E-state index contributed by atoms with van der Waals surface area (Å²) >= 11 is 0. The second-order valence-corrected chi connectivity index (χ2v) is 6.36. The molecule has 0 spiro atoms. The van der Waals surface area contributed by atoms with Gasteiger partial charge in [-0.2, -0.15) is 5.10 Å². The zero-order chi connectivity index (χ0) is 20.6. The zero-order valence-corrected chi connectivity index (χ0v) is 16.5. The Balaban J connectivity index is 1.65. The minimum absolute atomic E-state index is 0.361. The molecule has 0 saturated heterocycles. The van der Waals surface area contributed by atoms with E-state index < -0.39 is 0 Å². The molecule has 0 aliphatic rings. The third-order valence-electron chi connectivity index (χ3n) is 4.04. The Morgan fingerprint density at radius 2 is 1.76 bits per heavy atom. The van der Waals surface area contributed by atoms with E-state index in [9.17, 15) is 4.79 Å². The summed E-state index contributed by atoms with van der Waals surface area (Å²) in [7, 11) is 1.36. The van der Waals surface area contributed by atoms with Crippen LogP contribution in [-0.4, -0.2) is 29.3 Å². The van der Waals surface area contributed by atoms with Crippen LogP contribution in [0.3, 0.4) is 0 Å². The van der Waals surface area contributed by atoms with Crippen LogP contribution in [0.4, 0.5) is 5.95 Å².